The first kappa shape index (κ1) is 56.3. The Morgan fingerprint density at radius 1 is 0.214 bits per heavy atom. The maximum Gasteiger partial charge on any atom is 0.180 e. The third-order valence-electron chi connectivity index (χ3n) is 19.0. The average molecular weight is 1250 g/mol. The Balaban J connectivity index is 0.000000137. The van der Waals surface area contributed by atoms with E-state index in [1.54, 1.807) is 0 Å². The zero-order valence-corrected chi connectivity index (χ0v) is 52.8. The van der Waals surface area contributed by atoms with E-state index in [0.717, 1.165) is 100 Å². The van der Waals surface area contributed by atoms with Crippen LogP contribution in [-0.2, 0) is 0 Å². The fourth-order valence-corrected chi connectivity index (χ4v) is 14.3. The quantitative estimate of drug-likeness (QED) is 0.143. The van der Waals surface area contributed by atoms with Gasteiger partial charge in [0, 0.05) is 65.9 Å². The number of aromatic nitrogens is 6. The van der Waals surface area contributed by atoms with Crippen LogP contribution in [0.1, 0.15) is 0 Å². The molecule has 6 heterocycles. The van der Waals surface area contributed by atoms with Crippen molar-refractivity contribution < 1.29 is 8.83 Å². The third-order valence-corrected chi connectivity index (χ3v) is 19.0. The minimum absolute atomic E-state index is 0.679. The van der Waals surface area contributed by atoms with Crippen LogP contribution in [0.2, 0.25) is 0 Å². The second-order valence-corrected chi connectivity index (χ2v) is 24.8. The summed E-state index contributed by atoms with van der Waals surface area (Å²) in [5.41, 5.74) is 24.1. The summed E-state index contributed by atoms with van der Waals surface area (Å²) in [6, 6.07) is 119. The number of hydrogen-bond acceptors (Lipinski definition) is 6. The van der Waals surface area contributed by atoms with Gasteiger partial charge in [-0.3, -0.25) is 0 Å². The van der Waals surface area contributed by atoms with Gasteiger partial charge in [-0.25, -0.2) is 19.9 Å². The van der Waals surface area contributed by atoms with Crippen molar-refractivity contribution in [2.75, 3.05) is 0 Å². The van der Waals surface area contributed by atoms with Crippen LogP contribution in [0.25, 0.3) is 189 Å². The molecular formula is C90H56N6O2. The first-order chi connectivity index (χ1) is 48.6. The van der Waals surface area contributed by atoms with E-state index < -0.39 is 0 Å². The zero-order valence-electron chi connectivity index (χ0n) is 52.8. The van der Waals surface area contributed by atoms with Crippen molar-refractivity contribution in [2.45, 2.75) is 0 Å². The Kier molecular flexibility index (Phi) is 13.4. The van der Waals surface area contributed by atoms with Crippen LogP contribution in [-0.4, -0.2) is 29.1 Å². The van der Waals surface area contributed by atoms with Crippen LogP contribution < -0.4 is 0 Å². The average Bonchev–Trinajstić information content (AvgIpc) is 1.63. The highest BCUT2D eigenvalue weighted by Crippen LogP contribution is 2.42. The van der Waals surface area contributed by atoms with Gasteiger partial charge >= 0.3 is 0 Å². The Labute approximate surface area is 562 Å². The molecule has 8 nitrogen and oxygen atoms in total. The Hall–Kier alpha value is -13.3. The molecule has 20 rings (SSSR count). The molecule has 98 heavy (non-hydrogen) atoms. The largest absolute Gasteiger partial charge is 0.452 e. The number of fused-ring (bicyclic) bond motifs is 13. The maximum atomic E-state index is 6.47. The molecule has 0 spiro atoms. The number of furan rings is 2. The highest BCUT2D eigenvalue weighted by molar-refractivity contribution is 6.12. The van der Waals surface area contributed by atoms with Crippen LogP contribution >= 0.6 is 0 Å². The predicted octanol–water partition coefficient (Wildman–Crippen LogP) is 23.8. The predicted molar refractivity (Wildman–Crippen MR) is 403 cm³/mol. The maximum absolute atomic E-state index is 6.47. The second kappa shape index (κ2) is 23.3. The molecule has 0 saturated heterocycles. The van der Waals surface area contributed by atoms with Gasteiger partial charge < -0.3 is 18.0 Å². The van der Waals surface area contributed by atoms with Crippen LogP contribution in [0.4, 0.5) is 0 Å². The smallest absolute Gasteiger partial charge is 0.180 e. The van der Waals surface area contributed by atoms with E-state index in [-0.39, 0.29) is 0 Å². The lowest BCUT2D eigenvalue weighted by Gasteiger charge is -2.10. The van der Waals surface area contributed by atoms with Crippen molar-refractivity contribution in [2.24, 2.45) is 0 Å². The molecule has 0 N–H and O–H groups in total. The SMILES string of the molecule is c1ccc(-c2nc(-c3ccccc3)c3oc4ccc(-c5ccc(-c6ccc(-n7c8ccccc8c8ccccc87)cc6)cc5)cc4c3n2)cc1.c1ccc(-c2nc(-c3ccccc3)c3oc4ccc(-c5ccc6cc(-n7c8ccccc8c8ccccc87)ccc6c5)cc4c3n2)cc1. The Morgan fingerprint density at radius 3 is 0.980 bits per heavy atom. The van der Waals surface area contributed by atoms with Crippen LogP contribution in [0.3, 0.4) is 0 Å². The first-order valence-corrected chi connectivity index (χ1v) is 33.0. The summed E-state index contributed by atoms with van der Waals surface area (Å²) >= 11 is 0. The molecule has 0 amide bonds. The van der Waals surface area contributed by atoms with E-state index in [4.69, 9.17) is 28.8 Å². The molecule has 0 aliphatic carbocycles. The normalized spacial score (nSPS) is 11.7. The van der Waals surface area contributed by atoms with E-state index >= 15 is 0 Å². The van der Waals surface area contributed by atoms with Crippen LogP contribution in [0.5, 0.6) is 0 Å². The number of hydrogen-bond donors (Lipinski definition) is 0. The standard InChI is InChI=1S/C46H29N3O.C44H27N3O/c1-3-11-33(12-4-1)43-45-44(48-46(47-43)34-13-5-2-6-14-34)39-29-35(25-28-42(39)50-45)32-21-19-30(20-22-32)31-23-26-36(27-24-31)49-40-17-9-7-15-37(40)38-16-8-10-18-41(38)49;1-3-11-28(12-4-1)41-43-42(46-44(45-41)29-13-5-2-6-14-29)37-27-33(22-24-40(37)48-43)30-19-20-32-26-34(23-21-31(32)25-30)47-38-17-9-7-15-35(38)36-16-8-10-18-39(36)47/h1-29H;1-27H. The van der Waals surface area contributed by atoms with Crippen LogP contribution in [0.15, 0.2) is 349 Å². The van der Waals surface area contributed by atoms with Gasteiger partial charge in [-0.1, -0.05) is 261 Å². The third kappa shape index (κ3) is 9.69. The minimum Gasteiger partial charge on any atom is -0.452 e. The van der Waals surface area contributed by atoms with Gasteiger partial charge in [-0.05, 0) is 123 Å². The Bertz CT molecular complexity index is 6350. The molecule has 0 aliphatic heterocycles. The Morgan fingerprint density at radius 2 is 0.531 bits per heavy atom. The summed E-state index contributed by atoms with van der Waals surface area (Å²) < 4.78 is 17.6. The van der Waals surface area contributed by atoms with Crippen molar-refractivity contribution in [3.63, 3.8) is 0 Å². The molecule has 458 valence electrons. The van der Waals surface area contributed by atoms with Crippen molar-refractivity contribution in [3.05, 3.63) is 340 Å². The number of rotatable bonds is 9. The van der Waals surface area contributed by atoms with Crippen LogP contribution in [0, 0.1) is 0 Å². The van der Waals surface area contributed by atoms with E-state index in [2.05, 4.69) is 246 Å². The highest BCUT2D eigenvalue weighted by Gasteiger charge is 2.22. The minimum atomic E-state index is 0.679. The number of benzene rings is 14. The van der Waals surface area contributed by atoms with Gasteiger partial charge in [-0.15, -0.1) is 0 Å². The number of para-hydroxylation sites is 4. The summed E-state index contributed by atoms with van der Waals surface area (Å²) in [4.78, 5) is 20.1. The van der Waals surface area contributed by atoms with Gasteiger partial charge in [0.15, 0.2) is 22.8 Å². The van der Waals surface area contributed by atoms with Gasteiger partial charge in [0.2, 0.25) is 0 Å². The van der Waals surface area contributed by atoms with E-state index in [1.807, 2.05) is 103 Å². The molecule has 0 unspecified atom stereocenters. The van der Waals surface area contributed by atoms with Crippen molar-refractivity contribution in [1.29, 1.82) is 0 Å². The fraction of sp³-hybridized carbons (Fsp3) is 0. The van der Waals surface area contributed by atoms with Gasteiger partial charge in [-0.2, -0.15) is 0 Å². The molecule has 0 radical (unpaired) electrons. The molecule has 8 heteroatoms. The summed E-state index contributed by atoms with van der Waals surface area (Å²) in [6.07, 6.45) is 0. The molecule has 0 aliphatic rings. The van der Waals surface area contributed by atoms with Crippen molar-refractivity contribution >= 4 is 98.5 Å². The lowest BCUT2D eigenvalue weighted by atomic mass is 9.99. The fourth-order valence-electron chi connectivity index (χ4n) is 14.3. The molecule has 6 aromatic heterocycles. The van der Waals surface area contributed by atoms with E-state index in [9.17, 15) is 0 Å². The van der Waals surface area contributed by atoms with Gasteiger partial charge in [0.05, 0.1) is 22.1 Å². The molecule has 0 saturated carbocycles. The highest BCUT2D eigenvalue weighted by atomic mass is 16.3. The summed E-state index contributed by atoms with van der Waals surface area (Å²) in [5.74, 6) is 1.36. The monoisotopic (exact) mass is 1250 g/mol. The van der Waals surface area contributed by atoms with Crippen molar-refractivity contribution in [3.8, 4) is 90.0 Å². The van der Waals surface area contributed by atoms with Gasteiger partial charge in [0.25, 0.3) is 0 Å². The zero-order chi connectivity index (χ0) is 64.6. The summed E-state index contributed by atoms with van der Waals surface area (Å²) in [7, 11) is 0. The molecule has 0 bridgehead atoms. The van der Waals surface area contributed by atoms with E-state index in [1.165, 1.54) is 65.5 Å². The molecule has 0 atom stereocenters. The van der Waals surface area contributed by atoms with Gasteiger partial charge in [0.1, 0.15) is 33.6 Å². The lowest BCUT2D eigenvalue weighted by molar-refractivity contribution is 0.667. The lowest BCUT2D eigenvalue weighted by Crippen LogP contribution is -1.93. The molecule has 14 aromatic carbocycles. The van der Waals surface area contributed by atoms with E-state index in [0.29, 0.717) is 22.8 Å². The molecular weight excluding hydrogens is 1200 g/mol. The summed E-state index contributed by atoms with van der Waals surface area (Å²) in [6.45, 7) is 0. The van der Waals surface area contributed by atoms with Crippen molar-refractivity contribution in [1.82, 2.24) is 29.1 Å². The summed E-state index contributed by atoms with van der Waals surface area (Å²) in [5, 5.41) is 9.40. The molecule has 0 fully saturated rings. The topological polar surface area (TPSA) is 87.7 Å². The number of nitrogens with zero attached hydrogens (tertiary/aromatic N) is 6. The molecule has 20 aromatic rings. The second-order valence-electron chi connectivity index (χ2n) is 24.8. The first-order valence-electron chi connectivity index (χ1n) is 33.0.